The van der Waals surface area contributed by atoms with Gasteiger partial charge >= 0.3 is 6.03 Å². The molecule has 1 aromatic heterocycles. The lowest BCUT2D eigenvalue weighted by molar-refractivity contribution is -0.893. The van der Waals surface area contributed by atoms with Crippen LogP contribution in [0.5, 0.6) is 0 Å². The first kappa shape index (κ1) is 19.9. The summed E-state index contributed by atoms with van der Waals surface area (Å²) < 4.78 is 2.04. The summed E-state index contributed by atoms with van der Waals surface area (Å²) in [6, 6.07) is 9.37. The molecule has 0 spiro atoms. The highest BCUT2D eigenvalue weighted by Crippen LogP contribution is 2.22. The van der Waals surface area contributed by atoms with Crippen LogP contribution in [0.4, 0.5) is 4.79 Å². The normalized spacial score (nSPS) is 12.2. The second kappa shape index (κ2) is 9.35. The third-order valence-electron chi connectivity index (χ3n) is 3.94. The maximum absolute atomic E-state index is 11.7. The summed E-state index contributed by atoms with van der Waals surface area (Å²) in [5.74, 6) is 0.472. The fraction of sp³-hybridized carbons (Fsp3) is 0.412. The average Bonchev–Trinajstić information content (AvgIpc) is 2.96. The van der Waals surface area contributed by atoms with Crippen LogP contribution in [-0.4, -0.2) is 46.6 Å². The number of carbonyl (C=O) groups excluding carboxylic acids is 2. The molecule has 1 atom stereocenters. The molecule has 0 fully saturated rings. The van der Waals surface area contributed by atoms with E-state index >= 15 is 0 Å². The molecular formula is C17H25N6O2S+. The molecule has 4 N–H and O–H groups in total. The van der Waals surface area contributed by atoms with Gasteiger partial charge in [-0.2, -0.15) is 0 Å². The Morgan fingerprint density at radius 2 is 1.96 bits per heavy atom. The second-order valence-corrected chi connectivity index (χ2v) is 7.09. The number of nitrogens with one attached hydrogen (secondary N) is 2. The predicted molar refractivity (Wildman–Crippen MR) is 99.9 cm³/mol. The SMILES string of the molecule is CC[C@@H](c1nnc(SCC(=O)NC(N)=O)n1Cc1ccccc1)[NH+](C)C. The third-order valence-corrected chi connectivity index (χ3v) is 4.91. The smallest absolute Gasteiger partial charge is 0.318 e. The van der Waals surface area contributed by atoms with E-state index in [1.165, 1.54) is 16.7 Å². The molecule has 0 radical (unpaired) electrons. The topological polar surface area (TPSA) is 107 Å². The molecule has 0 aliphatic rings. The Morgan fingerprint density at radius 1 is 1.27 bits per heavy atom. The number of primary amides is 1. The molecule has 0 unspecified atom stereocenters. The summed E-state index contributed by atoms with van der Waals surface area (Å²) in [7, 11) is 4.17. The Hall–Kier alpha value is -2.39. The van der Waals surface area contributed by atoms with Crippen LogP contribution in [0, 0.1) is 0 Å². The molecule has 3 amide bonds. The van der Waals surface area contributed by atoms with Gasteiger partial charge in [-0.05, 0) is 5.56 Å². The summed E-state index contributed by atoms with van der Waals surface area (Å²) in [6.45, 7) is 2.74. The lowest BCUT2D eigenvalue weighted by Crippen LogP contribution is -3.06. The first-order chi connectivity index (χ1) is 12.4. The Kier molecular flexibility index (Phi) is 7.16. The van der Waals surface area contributed by atoms with Crippen molar-refractivity contribution in [1.29, 1.82) is 0 Å². The van der Waals surface area contributed by atoms with Crippen molar-refractivity contribution >= 4 is 23.7 Å². The van der Waals surface area contributed by atoms with Crippen LogP contribution in [0.25, 0.3) is 0 Å². The summed E-state index contributed by atoms with van der Waals surface area (Å²) in [5, 5.41) is 11.4. The van der Waals surface area contributed by atoms with Crippen molar-refractivity contribution in [3.8, 4) is 0 Å². The van der Waals surface area contributed by atoms with Crippen LogP contribution < -0.4 is 16.0 Å². The van der Waals surface area contributed by atoms with Crippen molar-refractivity contribution in [2.75, 3.05) is 19.8 Å². The zero-order valence-corrected chi connectivity index (χ0v) is 16.0. The van der Waals surface area contributed by atoms with Gasteiger partial charge in [-0.15, -0.1) is 10.2 Å². The highest BCUT2D eigenvalue weighted by Gasteiger charge is 2.25. The number of hydrogen-bond acceptors (Lipinski definition) is 5. The quantitative estimate of drug-likeness (QED) is 0.570. The largest absolute Gasteiger partial charge is 0.351 e. The van der Waals surface area contributed by atoms with E-state index in [-0.39, 0.29) is 11.8 Å². The van der Waals surface area contributed by atoms with Crippen molar-refractivity contribution in [1.82, 2.24) is 20.1 Å². The molecule has 8 nitrogen and oxygen atoms in total. The van der Waals surface area contributed by atoms with Crippen LogP contribution in [0.15, 0.2) is 35.5 Å². The van der Waals surface area contributed by atoms with Gasteiger partial charge in [0.05, 0.1) is 26.4 Å². The van der Waals surface area contributed by atoms with Gasteiger partial charge in [-0.1, -0.05) is 49.0 Å². The molecule has 0 saturated heterocycles. The molecule has 2 rings (SSSR count). The summed E-state index contributed by atoms with van der Waals surface area (Å²) in [4.78, 5) is 23.7. The molecule has 140 valence electrons. The van der Waals surface area contributed by atoms with Gasteiger partial charge in [0.25, 0.3) is 0 Å². The fourth-order valence-electron chi connectivity index (χ4n) is 2.73. The third kappa shape index (κ3) is 5.30. The highest BCUT2D eigenvalue weighted by molar-refractivity contribution is 7.99. The standard InChI is InChI=1S/C17H24N6O2S/c1-4-13(22(2)3)15-20-21-17(26-11-14(24)19-16(18)25)23(15)10-12-8-6-5-7-9-12/h5-9,13H,4,10-11H2,1-3H3,(H3,18,19,24,25)/p+1/t13-/m0/s1. The van der Waals surface area contributed by atoms with E-state index < -0.39 is 11.9 Å². The van der Waals surface area contributed by atoms with Crippen molar-refractivity contribution in [2.24, 2.45) is 5.73 Å². The van der Waals surface area contributed by atoms with Crippen LogP contribution >= 0.6 is 11.8 Å². The van der Waals surface area contributed by atoms with E-state index in [2.05, 4.69) is 36.5 Å². The van der Waals surface area contributed by atoms with E-state index in [0.717, 1.165) is 17.8 Å². The first-order valence-corrected chi connectivity index (χ1v) is 9.40. The molecule has 0 saturated carbocycles. The zero-order chi connectivity index (χ0) is 19.1. The minimum absolute atomic E-state index is 0.0431. The number of imide groups is 1. The zero-order valence-electron chi connectivity index (χ0n) is 15.2. The second-order valence-electron chi connectivity index (χ2n) is 6.15. The summed E-state index contributed by atoms with van der Waals surface area (Å²) >= 11 is 1.24. The molecular weight excluding hydrogens is 352 g/mol. The number of urea groups is 1. The molecule has 26 heavy (non-hydrogen) atoms. The molecule has 2 aromatic rings. The monoisotopic (exact) mass is 377 g/mol. The van der Waals surface area contributed by atoms with Gasteiger partial charge in [-0.3, -0.25) is 14.7 Å². The number of hydrogen-bond donors (Lipinski definition) is 3. The number of carbonyl (C=O) groups is 2. The minimum Gasteiger partial charge on any atom is -0.351 e. The fourth-order valence-corrected chi connectivity index (χ4v) is 3.48. The van der Waals surface area contributed by atoms with Gasteiger partial charge in [-0.25, -0.2) is 4.79 Å². The Bertz CT molecular complexity index is 747. The number of nitrogens with zero attached hydrogens (tertiary/aromatic N) is 3. The van der Waals surface area contributed by atoms with Gasteiger partial charge in [0.15, 0.2) is 11.0 Å². The van der Waals surface area contributed by atoms with Gasteiger partial charge < -0.3 is 10.6 Å². The number of benzene rings is 1. The van der Waals surface area contributed by atoms with Crippen LogP contribution in [0.1, 0.15) is 30.8 Å². The minimum atomic E-state index is -0.857. The van der Waals surface area contributed by atoms with Gasteiger partial charge in [0.1, 0.15) is 6.04 Å². The van der Waals surface area contributed by atoms with Gasteiger partial charge in [0, 0.05) is 6.42 Å². The number of quaternary nitrogens is 1. The number of rotatable bonds is 8. The van der Waals surface area contributed by atoms with Crippen LogP contribution in [0.3, 0.4) is 0 Å². The number of amides is 3. The predicted octanol–water partition coefficient (Wildman–Crippen LogP) is 0.209. The van der Waals surface area contributed by atoms with Crippen molar-refractivity contribution < 1.29 is 14.5 Å². The van der Waals surface area contributed by atoms with Crippen LogP contribution in [0.2, 0.25) is 0 Å². The van der Waals surface area contributed by atoms with E-state index in [9.17, 15) is 9.59 Å². The summed E-state index contributed by atoms with van der Waals surface area (Å²) in [6.07, 6.45) is 0.919. The molecule has 1 aromatic carbocycles. The maximum atomic E-state index is 11.7. The average molecular weight is 377 g/mol. The molecule has 0 aliphatic heterocycles. The van der Waals surface area contributed by atoms with E-state index in [1.807, 2.05) is 34.9 Å². The maximum Gasteiger partial charge on any atom is 0.318 e. The number of nitrogens with two attached hydrogens (primary N) is 1. The molecule has 9 heteroatoms. The van der Waals surface area contributed by atoms with E-state index in [0.29, 0.717) is 11.7 Å². The van der Waals surface area contributed by atoms with Crippen molar-refractivity contribution in [3.05, 3.63) is 41.7 Å². The highest BCUT2D eigenvalue weighted by atomic mass is 32.2. The Labute approximate surface area is 157 Å². The number of aromatic nitrogens is 3. The summed E-state index contributed by atoms with van der Waals surface area (Å²) in [5.41, 5.74) is 6.10. The van der Waals surface area contributed by atoms with Crippen LogP contribution in [-0.2, 0) is 11.3 Å². The lowest BCUT2D eigenvalue weighted by Gasteiger charge is -2.20. The van der Waals surface area contributed by atoms with Crippen molar-refractivity contribution in [2.45, 2.75) is 31.1 Å². The Morgan fingerprint density at radius 3 is 2.54 bits per heavy atom. The van der Waals surface area contributed by atoms with E-state index in [1.54, 1.807) is 0 Å². The first-order valence-electron chi connectivity index (χ1n) is 8.41. The van der Waals surface area contributed by atoms with E-state index in [4.69, 9.17) is 5.73 Å². The van der Waals surface area contributed by atoms with Gasteiger partial charge in [0.2, 0.25) is 5.91 Å². The Balaban J connectivity index is 2.27. The molecule has 0 aliphatic carbocycles. The molecule has 1 heterocycles. The van der Waals surface area contributed by atoms with Crippen molar-refractivity contribution in [3.63, 3.8) is 0 Å². The lowest BCUT2D eigenvalue weighted by atomic mass is 10.2. The number of thioether (sulfide) groups is 1. The molecule has 0 bridgehead atoms.